The van der Waals surface area contributed by atoms with Crippen LogP contribution in [-0.2, 0) is 25.0 Å². The number of nitrogens with one attached hydrogen (secondary N) is 2. The molecule has 0 bridgehead atoms. The summed E-state index contributed by atoms with van der Waals surface area (Å²) in [5.41, 5.74) is -1.42. The Morgan fingerprint density at radius 1 is 1.03 bits per heavy atom. The third-order valence-electron chi connectivity index (χ3n) is 4.46. The predicted molar refractivity (Wildman–Crippen MR) is 131 cm³/mol. The van der Waals surface area contributed by atoms with E-state index in [-0.39, 0.29) is 33.7 Å². The smallest absolute Gasteiger partial charge is 0.299 e. The van der Waals surface area contributed by atoms with Crippen molar-refractivity contribution >= 4 is 78.0 Å². The van der Waals surface area contributed by atoms with Crippen LogP contribution in [0, 0.1) is 6.92 Å². The van der Waals surface area contributed by atoms with Gasteiger partial charge in [-0.05, 0) is 37.3 Å². The van der Waals surface area contributed by atoms with Crippen LogP contribution >= 0.6 is 34.8 Å². The number of anilines is 1. The number of amides is 1. The molecular weight excluding hydrogens is 585 g/mol. The van der Waals surface area contributed by atoms with Crippen molar-refractivity contribution < 1.29 is 30.7 Å². The minimum Gasteiger partial charge on any atom is -0.325 e. The van der Waals surface area contributed by atoms with Crippen molar-refractivity contribution in [3.05, 3.63) is 56.4 Å². The van der Waals surface area contributed by atoms with Crippen molar-refractivity contribution in [1.29, 1.82) is 0 Å². The van der Waals surface area contributed by atoms with Gasteiger partial charge in [0.1, 0.15) is 21.4 Å². The second kappa shape index (κ2) is 10.3. The van der Waals surface area contributed by atoms with E-state index in [9.17, 15) is 35.5 Å². The Hall–Kier alpha value is -2.79. The average Bonchev–Trinajstić information content (AvgIpc) is 3.05. The van der Waals surface area contributed by atoms with Gasteiger partial charge >= 0.3 is 0 Å². The molecule has 18 heteroatoms. The van der Waals surface area contributed by atoms with Crippen molar-refractivity contribution in [3.63, 3.8) is 0 Å². The van der Waals surface area contributed by atoms with Gasteiger partial charge in [-0.25, -0.2) is 4.68 Å². The van der Waals surface area contributed by atoms with Crippen LogP contribution < -0.4 is 10.9 Å². The minimum atomic E-state index is -4.76. The first-order chi connectivity index (χ1) is 16.6. The molecule has 36 heavy (non-hydrogen) atoms. The Morgan fingerprint density at radius 2 is 1.67 bits per heavy atom. The second-order valence-corrected chi connectivity index (χ2v) is 10.8. The minimum absolute atomic E-state index is 0.0885. The number of nitrogens with zero attached hydrogens (tertiary/aromatic N) is 3. The lowest BCUT2D eigenvalue weighted by Gasteiger charge is -2.08. The van der Waals surface area contributed by atoms with E-state index < -0.39 is 52.2 Å². The fourth-order valence-electron chi connectivity index (χ4n) is 2.90. The highest BCUT2D eigenvalue weighted by molar-refractivity contribution is 7.86. The van der Waals surface area contributed by atoms with Crippen molar-refractivity contribution in [1.82, 2.24) is 9.78 Å². The van der Waals surface area contributed by atoms with E-state index in [4.69, 9.17) is 34.8 Å². The largest absolute Gasteiger partial charge is 0.325 e. The molecule has 0 spiro atoms. The number of aryl methyl sites for hydroxylation is 1. The quantitative estimate of drug-likeness (QED) is 0.178. The molecule has 0 aliphatic rings. The van der Waals surface area contributed by atoms with Gasteiger partial charge in [0, 0.05) is 5.69 Å². The molecular formula is C18H14Cl3N5O8S2. The van der Waals surface area contributed by atoms with Crippen molar-refractivity contribution in [2.45, 2.75) is 16.7 Å². The number of hydrogen-bond donors (Lipinski definition) is 4. The predicted octanol–water partition coefficient (Wildman–Crippen LogP) is 3.87. The van der Waals surface area contributed by atoms with Gasteiger partial charge in [-0.15, -0.1) is 21.8 Å². The number of aromatic amines is 1. The Balaban J connectivity index is 2.11. The number of azo groups is 1. The second-order valence-electron chi connectivity index (χ2n) is 6.97. The summed E-state index contributed by atoms with van der Waals surface area (Å²) in [5, 5.41) is 11.8. The molecule has 0 radical (unpaired) electrons. The SMILES string of the molecule is Cc1[nH]n(-c2cc(Cl)c(S(=O)(=O)O)cc2Cl)c(=O)c1N=Nc1cc(NC(=O)CCl)ccc1S(=O)(=O)O. The maximum absolute atomic E-state index is 13.0. The number of carbonyl (C=O) groups excluding carboxylic acids is 1. The molecule has 0 fully saturated rings. The summed E-state index contributed by atoms with van der Waals surface area (Å²) < 4.78 is 65.9. The van der Waals surface area contributed by atoms with Crippen molar-refractivity contribution in [3.8, 4) is 5.69 Å². The van der Waals surface area contributed by atoms with Crippen molar-refractivity contribution in [2.24, 2.45) is 10.2 Å². The first-order valence-electron chi connectivity index (χ1n) is 9.31. The lowest BCUT2D eigenvalue weighted by Crippen LogP contribution is -2.15. The molecule has 192 valence electrons. The lowest BCUT2D eigenvalue weighted by atomic mass is 10.3. The van der Waals surface area contributed by atoms with E-state index in [1.165, 1.54) is 13.0 Å². The third-order valence-corrected chi connectivity index (χ3v) is 7.23. The zero-order valence-corrected chi connectivity index (χ0v) is 21.6. The fraction of sp³-hybridized carbons (Fsp3) is 0.111. The average molecular weight is 599 g/mol. The molecule has 3 rings (SSSR count). The molecule has 1 heterocycles. The molecule has 4 N–H and O–H groups in total. The van der Waals surface area contributed by atoms with Crippen LogP contribution in [0.25, 0.3) is 5.69 Å². The molecule has 1 amide bonds. The summed E-state index contributed by atoms with van der Waals surface area (Å²) in [4.78, 5) is 23.2. The Bertz CT molecular complexity index is 1680. The van der Waals surface area contributed by atoms with E-state index >= 15 is 0 Å². The summed E-state index contributed by atoms with van der Waals surface area (Å²) in [6.45, 7) is 1.43. The number of hydrogen-bond acceptors (Lipinski definition) is 8. The first kappa shape index (κ1) is 27.8. The molecule has 0 atom stereocenters. The zero-order chi connectivity index (χ0) is 27.0. The van der Waals surface area contributed by atoms with Gasteiger partial charge in [0.25, 0.3) is 25.8 Å². The van der Waals surface area contributed by atoms with E-state index in [1.807, 2.05) is 0 Å². The molecule has 2 aromatic carbocycles. The Kier molecular flexibility index (Phi) is 7.95. The van der Waals surface area contributed by atoms with Crippen molar-refractivity contribution in [2.75, 3.05) is 11.2 Å². The highest BCUT2D eigenvalue weighted by atomic mass is 35.5. The fourth-order valence-corrected chi connectivity index (χ4v) is 4.91. The standard InChI is InChI=1S/C18H14Cl3N5O8S2/c1-8-17(18(28)26(25-8)13-5-11(21)15(6-10(13)20)36(32,33)34)24-23-12-4-9(22-16(27)7-19)2-3-14(12)35(29,30)31/h2-6,25H,7H2,1H3,(H,22,27)(H,29,30,31)(H,32,33,34). The van der Waals surface area contributed by atoms with Gasteiger partial charge in [0.2, 0.25) is 5.91 Å². The zero-order valence-electron chi connectivity index (χ0n) is 17.7. The molecule has 0 saturated carbocycles. The highest BCUT2D eigenvalue weighted by Crippen LogP contribution is 2.32. The lowest BCUT2D eigenvalue weighted by molar-refractivity contribution is -0.113. The van der Waals surface area contributed by atoms with Crippen LogP contribution in [0.15, 0.2) is 55.1 Å². The van der Waals surface area contributed by atoms with E-state index in [0.717, 1.165) is 28.9 Å². The summed E-state index contributed by atoms with van der Waals surface area (Å²) in [5.74, 6) is -0.976. The van der Waals surface area contributed by atoms with Gasteiger partial charge in [-0.2, -0.15) is 16.8 Å². The van der Waals surface area contributed by atoms with E-state index in [0.29, 0.717) is 0 Å². The number of H-pyrrole nitrogens is 1. The maximum Gasteiger partial charge on any atom is 0.299 e. The number of carbonyl (C=O) groups is 1. The van der Waals surface area contributed by atoms with Crippen LogP contribution in [0.5, 0.6) is 0 Å². The molecule has 13 nitrogen and oxygen atoms in total. The number of halogens is 3. The topological polar surface area (TPSA) is 200 Å². The van der Waals surface area contributed by atoms with E-state index in [1.54, 1.807) is 0 Å². The molecule has 0 aliphatic heterocycles. The summed E-state index contributed by atoms with van der Waals surface area (Å²) in [6.07, 6.45) is 0. The monoisotopic (exact) mass is 597 g/mol. The van der Waals surface area contributed by atoms with Crippen LogP contribution in [0.4, 0.5) is 17.1 Å². The van der Waals surface area contributed by atoms with Gasteiger partial charge in [0.15, 0.2) is 5.69 Å². The van der Waals surface area contributed by atoms with Gasteiger partial charge in [0.05, 0.1) is 21.4 Å². The molecule has 0 unspecified atom stereocenters. The Morgan fingerprint density at radius 3 is 2.25 bits per heavy atom. The first-order valence-corrected chi connectivity index (χ1v) is 13.5. The summed E-state index contributed by atoms with van der Waals surface area (Å²) >= 11 is 17.4. The highest BCUT2D eigenvalue weighted by Gasteiger charge is 2.22. The van der Waals surface area contributed by atoms with E-state index in [2.05, 4.69) is 20.6 Å². The number of aromatic nitrogens is 2. The van der Waals surface area contributed by atoms with Crippen LogP contribution in [0.3, 0.4) is 0 Å². The summed E-state index contributed by atoms with van der Waals surface area (Å²) in [6, 6.07) is 5.10. The molecule has 0 saturated heterocycles. The van der Waals surface area contributed by atoms with Crippen LogP contribution in [-0.4, -0.2) is 47.5 Å². The van der Waals surface area contributed by atoms with Crippen LogP contribution in [0.2, 0.25) is 10.0 Å². The third kappa shape index (κ3) is 5.95. The number of alkyl halides is 1. The van der Waals surface area contributed by atoms with Gasteiger partial charge < -0.3 is 5.32 Å². The van der Waals surface area contributed by atoms with Gasteiger partial charge in [-0.3, -0.25) is 23.8 Å². The number of benzene rings is 2. The normalized spacial score (nSPS) is 12.3. The molecule has 3 aromatic rings. The number of rotatable bonds is 7. The molecule has 0 aliphatic carbocycles. The van der Waals surface area contributed by atoms with Gasteiger partial charge in [-0.1, -0.05) is 23.2 Å². The molecule has 1 aromatic heterocycles. The Labute approximate surface area is 218 Å². The summed E-state index contributed by atoms with van der Waals surface area (Å²) in [7, 11) is -9.45. The van der Waals surface area contributed by atoms with Crippen LogP contribution in [0.1, 0.15) is 5.69 Å². The maximum atomic E-state index is 13.0.